The molecular formula is C26H28N2O4. The third kappa shape index (κ3) is 6.60. The molecule has 0 saturated heterocycles. The number of nitrogens with one attached hydrogen (secondary N) is 2. The molecule has 0 aliphatic carbocycles. The van der Waals surface area contributed by atoms with Crippen LogP contribution >= 0.6 is 0 Å². The van der Waals surface area contributed by atoms with Crippen molar-refractivity contribution in [3.05, 3.63) is 95.1 Å². The Kier molecular flexibility index (Phi) is 8.26. The molecule has 3 aromatic rings. The van der Waals surface area contributed by atoms with Gasteiger partial charge in [0.1, 0.15) is 11.5 Å². The zero-order chi connectivity index (χ0) is 22.8. The Morgan fingerprint density at radius 2 is 1.09 bits per heavy atom. The molecule has 0 unspecified atom stereocenters. The normalized spacial score (nSPS) is 10.3. The first-order valence-corrected chi connectivity index (χ1v) is 10.7. The highest BCUT2D eigenvalue weighted by Gasteiger charge is 2.09. The number of hydrogen-bond acceptors (Lipinski definition) is 4. The van der Waals surface area contributed by atoms with Crippen LogP contribution in [0.15, 0.2) is 72.8 Å². The number of ether oxygens (including phenoxy) is 2. The van der Waals surface area contributed by atoms with Gasteiger partial charge in [0.25, 0.3) is 11.8 Å². The highest BCUT2D eigenvalue weighted by atomic mass is 16.5. The van der Waals surface area contributed by atoms with Gasteiger partial charge in [0, 0.05) is 24.2 Å². The molecular weight excluding hydrogens is 404 g/mol. The fourth-order valence-electron chi connectivity index (χ4n) is 3.21. The first kappa shape index (κ1) is 22.9. The van der Waals surface area contributed by atoms with Gasteiger partial charge in [0.15, 0.2) is 0 Å². The van der Waals surface area contributed by atoms with Gasteiger partial charge < -0.3 is 20.1 Å². The van der Waals surface area contributed by atoms with Gasteiger partial charge in [0.2, 0.25) is 0 Å². The lowest BCUT2D eigenvalue weighted by Gasteiger charge is -2.10. The van der Waals surface area contributed by atoms with Crippen LogP contribution in [0.25, 0.3) is 0 Å². The highest BCUT2D eigenvalue weighted by molar-refractivity contribution is 5.95. The summed E-state index contributed by atoms with van der Waals surface area (Å²) in [7, 11) is 0. The summed E-state index contributed by atoms with van der Waals surface area (Å²) in [5, 5.41) is 5.85. The van der Waals surface area contributed by atoms with Crippen molar-refractivity contribution >= 4 is 11.8 Å². The number of rotatable bonds is 10. The molecule has 0 radical (unpaired) electrons. The van der Waals surface area contributed by atoms with Crippen LogP contribution in [0.1, 0.15) is 45.7 Å². The van der Waals surface area contributed by atoms with E-state index in [9.17, 15) is 9.59 Å². The number of benzene rings is 3. The van der Waals surface area contributed by atoms with Crippen molar-refractivity contribution < 1.29 is 19.1 Å². The molecule has 0 fully saturated rings. The summed E-state index contributed by atoms with van der Waals surface area (Å²) in [4.78, 5) is 24.9. The second-order valence-electron chi connectivity index (χ2n) is 7.11. The van der Waals surface area contributed by atoms with Gasteiger partial charge in [-0.15, -0.1) is 0 Å². The number of amides is 2. The van der Waals surface area contributed by atoms with Crippen LogP contribution in [0.4, 0.5) is 0 Å². The predicted molar refractivity (Wildman–Crippen MR) is 124 cm³/mol. The molecule has 3 aromatic carbocycles. The molecule has 0 aromatic heterocycles. The summed E-state index contributed by atoms with van der Waals surface area (Å²) in [6, 6.07) is 22.0. The maximum atomic E-state index is 12.5. The van der Waals surface area contributed by atoms with Crippen molar-refractivity contribution in [3.8, 4) is 11.5 Å². The van der Waals surface area contributed by atoms with E-state index in [1.807, 2.05) is 50.2 Å². The Morgan fingerprint density at radius 3 is 1.53 bits per heavy atom. The zero-order valence-electron chi connectivity index (χ0n) is 18.4. The van der Waals surface area contributed by atoms with Crippen LogP contribution in [-0.2, 0) is 13.1 Å². The van der Waals surface area contributed by atoms with E-state index in [0.717, 1.165) is 11.1 Å². The van der Waals surface area contributed by atoms with Crippen molar-refractivity contribution in [2.24, 2.45) is 0 Å². The summed E-state index contributed by atoms with van der Waals surface area (Å²) in [6.07, 6.45) is 0. The summed E-state index contributed by atoms with van der Waals surface area (Å²) in [5.74, 6) is 1.01. The van der Waals surface area contributed by atoms with E-state index in [2.05, 4.69) is 10.6 Å². The summed E-state index contributed by atoms with van der Waals surface area (Å²) < 4.78 is 10.9. The van der Waals surface area contributed by atoms with E-state index >= 15 is 0 Å². The smallest absolute Gasteiger partial charge is 0.251 e. The van der Waals surface area contributed by atoms with Crippen molar-refractivity contribution in [1.29, 1.82) is 0 Å². The molecule has 0 atom stereocenters. The number of hydrogen-bond donors (Lipinski definition) is 2. The largest absolute Gasteiger partial charge is 0.494 e. The third-order valence-corrected chi connectivity index (χ3v) is 4.71. The topological polar surface area (TPSA) is 76.7 Å². The lowest BCUT2D eigenvalue weighted by molar-refractivity contribution is 0.0943. The summed E-state index contributed by atoms with van der Waals surface area (Å²) in [5.41, 5.74) is 3.00. The molecule has 0 spiro atoms. The van der Waals surface area contributed by atoms with Crippen molar-refractivity contribution in [3.63, 3.8) is 0 Å². The van der Waals surface area contributed by atoms with Crippen LogP contribution in [0.2, 0.25) is 0 Å². The lowest BCUT2D eigenvalue weighted by Crippen LogP contribution is -2.24. The van der Waals surface area contributed by atoms with Gasteiger partial charge in [-0.25, -0.2) is 0 Å². The van der Waals surface area contributed by atoms with E-state index < -0.39 is 0 Å². The first-order chi connectivity index (χ1) is 15.6. The minimum Gasteiger partial charge on any atom is -0.494 e. The van der Waals surface area contributed by atoms with Crippen LogP contribution < -0.4 is 20.1 Å². The minimum absolute atomic E-state index is 0.167. The maximum absolute atomic E-state index is 12.5. The van der Waals surface area contributed by atoms with E-state index in [1.54, 1.807) is 36.4 Å². The molecule has 6 heteroatoms. The van der Waals surface area contributed by atoms with Gasteiger partial charge >= 0.3 is 0 Å². The fraction of sp³-hybridized carbons (Fsp3) is 0.231. The van der Waals surface area contributed by atoms with Crippen molar-refractivity contribution in [2.45, 2.75) is 26.9 Å². The summed E-state index contributed by atoms with van der Waals surface area (Å²) in [6.45, 7) is 5.67. The molecule has 0 heterocycles. The maximum Gasteiger partial charge on any atom is 0.251 e. The average molecular weight is 433 g/mol. The van der Waals surface area contributed by atoms with Crippen LogP contribution in [0.5, 0.6) is 11.5 Å². The number of carbonyl (C=O) groups excluding carboxylic acids is 2. The van der Waals surface area contributed by atoms with Gasteiger partial charge in [-0.2, -0.15) is 0 Å². The Hall–Kier alpha value is -3.80. The molecule has 0 aliphatic rings. The second-order valence-corrected chi connectivity index (χ2v) is 7.11. The zero-order valence-corrected chi connectivity index (χ0v) is 18.4. The monoisotopic (exact) mass is 432 g/mol. The molecule has 0 bridgehead atoms. The lowest BCUT2D eigenvalue weighted by atomic mass is 10.1. The fourth-order valence-corrected chi connectivity index (χ4v) is 3.21. The van der Waals surface area contributed by atoms with Crippen LogP contribution in [-0.4, -0.2) is 25.0 Å². The minimum atomic E-state index is -0.167. The molecule has 6 nitrogen and oxygen atoms in total. The van der Waals surface area contributed by atoms with E-state index in [1.165, 1.54) is 0 Å². The SMILES string of the molecule is CCOc1cccc(C(=O)NCc2cccc(CNC(=O)c3cccc(OCC)c3)c2)c1. The standard InChI is InChI=1S/C26H28N2O4/c1-3-31-23-12-6-10-21(15-23)25(29)27-17-19-8-5-9-20(14-19)18-28-26(30)22-11-7-13-24(16-22)32-4-2/h5-16H,3-4,17-18H2,1-2H3,(H,27,29)(H,28,30). The molecule has 0 saturated carbocycles. The molecule has 2 amide bonds. The quantitative estimate of drug-likeness (QED) is 0.500. The Labute approximate surface area is 188 Å². The Balaban J connectivity index is 1.55. The van der Waals surface area contributed by atoms with Crippen LogP contribution in [0.3, 0.4) is 0 Å². The van der Waals surface area contributed by atoms with Crippen LogP contribution in [0, 0.1) is 0 Å². The van der Waals surface area contributed by atoms with Gasteiger partial charge in [-0.05, 0) is 61.4 Å². The molecule has 2 N–H and O–H groups in total. The van der Waals surface area contributed by atoms with Crippen molar-refractivity contribution in [2.75, 3.05) is 13.2 Å². The molecule has 3 rings (SSSR count). The van der Waals surface area contributed by atoms with E-state index in [-0.39, 0.29) is 11.8 Å². The second kappa shape index (κ2) is 11.6. The van der Waals surface area contributed by atoms with E-state index in [4.69, 9.17) is 9.47 Å². The molecule has 32 heavy (non-hydrogen) atoms. The van der Waals surface area contributed by atoms with Gasteiger partial charge in [-0.3, -0.25) is 9.59 Å². The van der Waals surface area contributed by atoms with Gasteiger partial charge in [-0.1, -0.05) is 36.4 Å². The third-order valence-electron chi connectivity index (χ3n) is 4.71. The Bertz CT molecular complexity index is 984. The van der Waals surface area contributed by atoms with E-state index in [0.29, 0.717) is 48.9 Å². The number of carbonyl (C=O) groups is 2. The summed E-state index contributed by atoms with van der Waals surface area (Å²) >= 11 is 0. The van der Waals surface area contributed by atoms with Crippen molar-refractivity contribution in [1.82, 2.24) is 10.6 Å². The Morgan fingerprint density at radius 1 is 0.656 bits per heavy atom. The highest BCUT2D eigenvalue weighted by Crippen LogP contribution is 2.15. The predicted octanol–water partition coefficient (Wildman–Crippen LogP) is 4.34. The first-order valence-electron chi connectivity index (χ1n) is 10.7. The molecule has 0 aliphatic heterocycles. The molecule has 166 valence electrons. The average Bonchev–Trinajstić information content (AvgIpc) is 2.82. The van der Waals surface area contributed by atoms with Gasteiger partial charge in [0.05, 0.1) is 13.2 Å².